The third-order valence-electron chi connectivity index (χ3n) is 1.47. The zero-order valence-corrected chi connectivity index (χ0v) is 7.88. The van der Waals surface area contributed by atoms with Crippen molar-refractivity contribution in [1.29, 1.82) is 5.26 Å². The van der Waals surface area contributed by atoms with E-state index in [0.29, 0.717) is 6.42 Å². The van der Waals surface area contributed by atoms with Gasteiger partial charge in [0.15, 0.2) is 0 Å². The van der Waals surface area contributed by atoms with Gasteiger partial charge in [0.2, 0.25) is 0 Å². The van der Waals surface area contributed by atoms with E-state index in [2.05, 4.69) is 22.0 Å². The molecule has 0 aromatic heterocycles. The van der Waals surface area contributed by atoms with Gasteiger partial charge < -0.3 is 0 Å². The molecule has 12 heavy (non-hydrogen) atoms. The molecule has 0 N–H and O–H groups in total. The van der Waals surface area contributed by atoms with Crippen LogP contribution in [0.2, 0.25) is 0 Å². The molecule has 0 fully saturated rings. The van der Waals surface area contributed by atoms with E-state index in [1.54, 1.807) is 12.1 Å². The molecule has 0 aliphatic heterocycles. The van der Waals surface area contributed by atoms with E-state index in [9.17, 15) is 4.39 Å². The zero-order valence-electron chi connectivity index (χ0n) is 6.30. The van der Waals surface area contributed by atoms with E-state index in [0.717, 1.165) is 5.56 Å². The summed E-state index contributed by atoms with van der Waals surface area (Å²) in [4.78, 5) is -0.192. The fraction of sp³-hybridized carbons (Fsp3) is 0.222. The van der Waals surface area contributed by atoms with Gasteiger partial charge in [0, 0.05) is 0 Å². The Labute approximate surface area is 79.0 Å². The Morgan fingerprint density at radius 1 is 1.42 bits per heavy atom. The van der Waals surface area contributed by atoms with E-state index in [1.807, 2.05) is 0 Å². The quantitative estimate of drug-likeness (QED) is 0.714. The van der Waals surface area contributed by atoms with Crippen LogP contribution in [0, 0.1) is 17.1 Å². The van der Waals surface area contributed by atoms with Gasteiger partial charge in [-0.1, -0.05) is 28.1 Å². The second kappa shape index (κ2) is 4.22. The molecular formula is C9H7BrFN. The third kappa shape index (κ3) is 2.63. The molecule has 1 aromatic carbocycles. The van der Waals surface area contributed by atoms with Crippen LogP contribution < -0.4 is 0 Å². The molecule has 1 unspecified atom stereocenters. The topological polar surface area (TPSA) is 23.8 Å². The predicted molar refractivity (Wildman–Crippen MR) is 48.4 cm³/mol. The summed E-state index contributed by atoms with van der Waals surface area (Å²) < 4.78 is 12.4. The average Bonchev–Trinajstić information content (AvgIpc) is 2.09. The number of hydrogen-bond donors (Lipinski definition) is 0. The number of nitrogens with zero attached hydrogens (tertiary/aromatic N) is 1. The Kier molecular flexibility index (Phi) is 3.24. The van der Waals surface area contributed by atoms with Gasteiger partial charge in [-0.3, -0.25) is 0 Å². The molecule has 0 bridgehead atoms. The van der Waals surface area contributed by atoms with Crippen LogP contribution in [0.1, 0.15) is 5.56 Å². The third-order valence-corrected chi connectivity index (χ3v) is 2.00. The molecule has 0 aliphatic carbocycles. The summed E-state index contributed by atoms with van der Waals surface area (Å²) in [7, 11) is 0. The van der Waals surface area contributed by atoms with Crippen LogP contribution in [0.5, 0.6) is 0 Å². The average molecular weight is 228 g/mol. The van der Waals surface area contributed by atoms with Crippen molar-refractivity contribution in [2.75, 3.05) is 0 Å². The Morgan fingerprint density at radius 2 is 2.00 bits per heavy atom. The molecule has 0 aliphatic rings. The molecule has 0 saturated carbocycles. The van der Waals surface area contributed by atoms with Crippen molar-refractivity contribution in [2.45, 2.75) is 11.2 Å². The van der Waals surface area contributed by atoms with Crippen molar-refractivity contribution in [3.63, 3.8) is 0 Å². The number of alkyl halides is 1. The number of halogens is 2. The summed E-state index contributed by atoms with van der Waals surface area (Å²) in [6, 6.07) is 8.20. The maximum atomic E-state index is 12.4. The maximum Gasteiger partial charge on any atom is 0.123 e. The molecule has 1 rings (SSSR count). The van der Waals surface area contributed by atoms with Gasteiger partial charge in [-0.2, -0.15) is 5.26 Å². The van der Waals surface area contributed by atoms with Crippen LogP contribution in [-0.2, 0) is 6.42 Å². The molecule has 0 radical (unpaired) electrons. The van der Waals surface area contributed by atoms with E-state index in [-0.39, 0.29) is 10.6 Å². The second-order valence-corrected chi connectivity index (χ2v) is 3.53. The van der Waals surface area contributed by atoms with Gasteiger partial charge >= 0.3 is 0 Å². The van der Waals surface area contributed by atoms with E-state index >= 15 is 0 Å². The Morgan fingerprint density at radius 3 is 2.50 bits per heavy atom. The van der Waals surface area contributed by atoms with Crippen molar-refractivity contribution in [3.05, 3.63) is 35.6 Å². The Hall–Kier alpha value is -0.880. The highest BCUT2D eigenvalue weighted by Gasteiger charge is 2.02. The predicted octanol–water partition coefficient (Wildman–Crippen LogP) is 2.66. The van der Waals surface area contributed by atoms with Gasteiger partial charge in [-0.25, -0.2) is 4.39 Å². The summed E-state index contributed by atoms with van der Waals surface area (Å²) in [5.74, 6) is -0.248. The van der Waals surface area contributed by atoms with Crippen molar-refractivity contribution >= 4 is 15.9 Å². The van der Waals surface area contributed by atoms with Crippen LogP contribution in [0.15, 0.2) is 24.3 Å². The monoisotopic (exact) mass is 227 g/mol. The number of hydrogen-bond acceptors (Lipinski definition) is 1. The van der Waals surface area contributed by atoms with E-state index < -0.39 is 0 Å². The lowest BCUT2D eigenvalue weighted by molar-refractivity contribution is 0.627. The molecule has 3 heteroatoms. The van der Waals surface area contributed by atoms with Crippen LogP contribution >= 0.6 is 15.9 Å². The van der Waals surface area contributed by atoms with E-state index in [1.165, 1.54) is 12.1 Å². The molecule has 1 aromatic rings. The van der Waals surface area contributed by atoms with Gasteiger partial charge in [0.05, 0.1) is 6.07 Å². The lowest BCUT2D eigenvalue weighted by atomic mass is 10.1. The lowest BCUT2D eigenvalue weighted by Crippen LogP contribution is -1.98. The fourth-order valence-electron chi connectivity index (χ4n) is 0.873. The van der Waals surface area contributed by atoms with Crippen molar-refractivity contribution < 1.29 is 4.39 Å². The minimum atomic E-state index is -0.248. The molecule has 1 atom stereocenters. The summed E-state index contributed by atoms with van der Waals surface area (Å²) in [5.41, 5.74) is 0.958. The Bertz CT molecular complexity index is 288. The Balaban J connectivity index is 2.66. The first kappa shape index (κ1) is 9.21. The highest BCUT2D eigenvalue weighted by molar-refractivity contribution is 9.09. The fourth-order valence-corrected chi connectivity index (χ4v) is 1.25. The minimum absolute atomic E-state index is 0.192. The molecule has 0 heterocycles. The highest BCUT2D eigenvalue weighted by Crippen LogP contribution is 2.09. The normalized spacial score (nSPS) is 12.1. The summed E-state index contributed by atoms with van der Waals surface area (Å²) >= 11 is 3.18. The lowest BCUT2D eigenvalue weighted by Gasteiger charge is -2.00. The standard InChI is InChI=1S/C9H7BrFN/c10-8(6-12)5-7-1-3-9(11)4-2-7/h1-4,8H,5H2. The van der Waals surface area contributed by atoms with Gasteiger partial charge in [0.1, 0.15) is 10.6 Å². The van der Waals surface area contributed by atoms with Crippen molar-refractivity contribution in [2.24, 2.45) is 0 Å². The first-order valence-electron chi connectivity index (χ1n) is 3.50. The number of rotatable bonds is 2. The van der Waals surface area contributed by atoms with Gasteiger partial charge in [-0.05, 0) is 24.1 Å². The number of benzene rings is 1. The molecule has 0 saturated heterocycles. The SMILES string of the molecule is N#CC(Br)Cc1ccc(F)cc1. The first-order valence-corrected chi connectivity index (χ1v) is 4.42. The van der Waals surface area contributed by atoms with Gasteiger partial charge in [0.25, 0.3) is 0 Å². The van der Waals surface area contributed by atoms with E-state index in [4.69, 9.17) is 5.26 Å². The van der Waals surface area contributed by atoms with Gasteiger partial charge in [-0.15, -0.1) is 0 Å². The smallest absolute Gasteiger partial charge is 0.123 e. The summed E-state index contributed by atoms with van der Waals surface area (Å²) in [5, 5.41) is 8.48. The number of nitriles is 1. The van der Waals surface area contributed by atoms with Crippen LogP contribution in [-0.4, -0.2) is 4.83 Å². The molecule has 0 spiro atoms. The first-order chi connectivity index (χ1) is 5.72. The minimum Gasteiger partial charge on any atom is -0.207 e. The van der Waals surface area contributed by atoms with Crippen LogP contribution in [0.3, 0.4) is 0 Å². The van der Waals surface area contributed by atoms with Crippen molar-refractivity contribution in [1.82, 2.24) is 0 Å². The summed E-state index contributed by atoms with van der Waals surface area (Å²) in [6.45, 7) is 0. The zero-order chi connectivity index (χ0) is 8.97. The molecule has 1 nitrogen and oxygen atoms in total. The maximum absolute atomic E-state index is 12.4. The molecule has 0 amide bonds. The summed E-state index contributed by atoms with van der Waals surface area (Å²) in [6.07, 6.45) is 0.608. The van der Waals surface area contributed by atoms with Crippen LogP contribution in [0.4, 0.5) is 4.39 Å². The molecule has 62 valence electrons. The van der Waals surface area contributed by atoms with Crippen molar-refractivity contribution in [3.8, 4) is 6.07 Å². The largest absolute Gasteiger partial charge is 0.207 e. The highest BCUT2D eigenvalue weighted by atomic mass is 79.9. The molecular weight excluding hydrogens is 221 g/mol. The van der Waals surface area contributed by atoms with Crippen LogP contribution in [0.25, 0.3) is 0 Å². The second-order valence-electron chi connectivity index (χ2n) is 2.43.